The third-order valence-electron chi connectivity index (χ3n) is 9.84. The van der Waals surface area contributed by atoms with E-state index in [2.05, 4.69) is 53.8 Å². The number of fused-ring (bicyclic) bond motifs is 3. The summed E-state index contributed by atoms with van der Waals surface area (Å²) in [5, 5.41) is 12.8. The molecule has 2 aliphatic rings. The molecule has 0 spiro atoms. The van der Waals surface area contributed by atoms with E-state index in [9.17, 15) is 19.5 Å². The van der Waals surface area contributed by atoms with E-state index in [0.717, 1.165) is 38.9 Å². The number of carbonyl (C=O) groups excluding carboxylic acids is 2. The number of likely N-dealkylation sites (tertiary alicyclic amines) is 1. The summed E-state index contributed by atoms with van der Waals surface area (Å²) in [5.41, 5.74) is 7.70. The molecule has 1 aliphatic carbocycles. The zero-order valence-electron chi connectivity index (χ0n) is 27.5. The van der Waals surface area contributed by atoms with Crippen LogP contribution in [0, 0.1) is 0 Å². The lowest BCUT2D eigenvalue weighted by Gasteiger charge is -2.37. The van der Waals surface area contributed by atoms with Gasteiger partial charge in [-0.05, 0) is 51.8 Å². The second kappa shape index (κ2) is 14.6. The number of carboxylic acids is 1. The second-order valence-corrected chi connectivity index (χ2v) is 13.9. The molecule has 2 atom stereocenters. The predicted octanol–water partition coefficient (Wildman–Crippen LogP) is 7.69. The van der Waals surface area contributed by atoms with Crippen LogP contribution in [0.15, 0.2) is 140 Å². The van der Waals surface area contributed by atoms with Gasteiger partial charge in [-0.15, -0.1) is 11.8 Å². The molecular weight excluding hydrogens is 645 g/mol. The van der Waals surface area contributed by atoms with Gasteiger partial charge in [0, 0.05) is 17.7 Å². The van der Waals surface area contributed by atoms with Gasteiger partial charge >= 0.3 is 12.1 Å². The Hall–Kier alpha value is -5.34. The van der Waals surface area contributed by atoms with Crippen LogP contribution >= 0.6 is 11.8 Å². The summed E-state index contributed by atoms with van der Waals surface area (Å²) in [6.45, 7) is -0.238. The zero-order valence-corrected chi connectivity index (χ0v) is 28.3. The molecule has 252 valence electrons. The number of alkyl carbamates (subject to hydrolysis) is 1. The minimum Gasteiger partial charge on any atom is -0.480 e. The average Bonchev–Trinajstić information content (AvgIpc) is 3.74. The summed E-state index contributed by atoms with van der Waals surface area (Å²) in [4.78, 5) is 40.6. The first-order valence-electron chi connectivity index (χ1n) is 16.9. The molecule has 1 heterocycles. The highest BCUT2D eigenvalue weighted by Crippen LogP contribution is 2.49. The normalized spacial score (nSPS) is 16.8. The fourth-order valence-corrected chi connectivity index (χ4v) is 9.22. The minimum atomic E-state index is -1.05. The summed E-state index contributed by atoms with van der Waals surface area (Å²) in [7, 11) is 0. The van der Waals surface area contributed by atoms with E-state index in [-0.39, 0.29) is 25.1 Å². The fraction of sp³-hybridized carbons (Fsp3) is 0.214. The lowest BCUT2D eigenvalue weighted by molar-refractivity contribution is -0.148. The molecule has 5 aromatic rings. The zero-order chi connectivity index (χ0) is 34.5. The van der Waals surface area contributed by atoms with Gasteiger partial charge in [0.15, 0.2) is 0 Å². The standard InChI is InChI=1S/C42H38N2O5S/c45-39(26-43-41(48)49-27-37-35-22-12-10-20-33(35)34-21-11-13-23-36(34)37)44-32(24-25-38(44)40(46)47)28-50-42(29-14-4-1-5-15-29,30-16-6-2-7-17-30)31-18-8-3-9-19-31/h1-23,32,37-38H,24-28H2,(H,43,48)(H,46,47)/t32?,38-/m0/s1. The van der Waals surface area contributed by atoms with Crippen molar-refractivity contribution in [1.29, 1.82) is 0 Å². The molecule has 0 radical (unpaired) electrons. The number of amides is 2. The third kappa shape index (κ3) is 6.39. The van der Waals surface area contributed by atoms with Crippen LogP contribution in [-0.4, -0.2) is 59.0 Å². The number of thioether (sulfide) groups is 1. The highest BCUT2D eigenvalue weighted by molar-refractivity contribution is 8.00. The van der Waals surface area contributed by atoms with Crippen LogP contribution in [0.1, 0.15) is 46.6 Å². The molecule has 0 saturated carbocycles. The highest BCUT2D eigenvalue weighted by atomic mass is 32.2. The van der Waals surface area contributed by atoms with Crippen LogP contribution in [0.25, 0.3) is 11.1 Å². The van der Waals surface area contributed by atoms with Crippen molar-refractivity contribution in [2.75, 3.05) is 18.9 Å². The molecule has 1 aliphatic heterocycles. The van der Waals surface area contributed by atoms with Crippen molar-refractivity contribution in [3.8, 4) is 11.1 Å². The first kappa shape index (κ1) is 33.2. The number of nitrogens with one attached hydrogen (secondary N) is 1. The van der Waals surface area contributed by atoms with Crippen LogP contribution in [0.4, 0.5) is 4.79 Å². The molecule has 1 unspecified atom stereocenters. The van der Waals surface area contributed by atoms with Crippen molar-refractivity contribution in [3.63, 3.8) is 0 Å². The van der Waals surface area contributed by atoms with E-state index in [1.165, 1.54) is 4.90 Å². The molecule has 1 fully saturated rings. The van der Waals surface area contributed by atoms with Gasteiger partial charge in [0.1, 0.15) is 19.2 Å². The average molecular weight is 683 g/mol. The van der Waals surface area contributed by atoms with Gasteiger partial charge < -0.3 is 20.1 Å². The van der Waals surface area contributed by atoms with Gasteiger partial charge in [-0.25, -0.2) is 9.59 Å². The van der Waals surface area contributed by atoms with Gasteiger partial charge in [0.05, 0.1) is 4.75 Å². The molecule has 8 heteroatoms. The second-order valence-electron chi connectivity index (χ2n) is 12.7. The molecule has 2 N–H and O–H groups in total. The number of benzene rings is 5. The van der Waals surface area contributed by atoms with Crippen LogP contribution in [0.5, 0.6) is 0 Å². The summed E-state index contributed by atoms with van der Waals surface area (Å²) in [5.74, 6) is -1.12. The molecule has 7 rings (SSSR count). The number of ether oxygens (including phenoxy) is 1. The lowest BCUT2D eigenvalue weighted by atomic mass is 9.84. The Balaban J connectivity index is 1.07. The van der Waals surface area contributed by atoms with Gasteiger partial charge in [-0.2, -0.15) is 0 Å². The number of rotatable bonds is 11. The predicted molar refractivity (Wildman–Crippen MR) is 196 cm³/mol. The molecule has 0 aromatic heterocycles. The molecule has 0 bridgehead atoms. The van der Waals surface area contributed by atoms with Gasteiger partial charge in [-0.3, -0.25) is 4.79 Å². The summed E-state index contributed by atoms with van der Waals surface area (Å²) < 4.78 is 5.04. The Morgan fingerprint density at radius 2 is 1.18 bits per heavy atom. The van der Waals surface area contributed by atoms with Crippen LogP contribution < -0.4 is 5.32 Å². The third-order valence-corrected chi connectivity index (χ3v) is 11.5. The van der Waals surface area contributed by atoms with Crippen molar-refractivity contribution >= 4 is 29.7 Å². The maximum atomic E-state index is 13.8. The summed E-state index contributed by atoms with van der Waals surface area (Å²) >= 11 is 1.70. The number of carbonyl (C=O) groups is 3. The SMILES string of the molecule is O=C(NCC(=O)N1C(CSC(c2ccccc2)(c2ccccc2)c2ccccc2)CC[C@H]1C(=O)O)OCC1c2ccccc2-c2ccccc21. The molecular formula is C42H38N2O5S. The van der Waals surface area contributed by atoms with E-state index < -0.39 is 28.8 Å². The quantitative estimate of drug-likeness (QED) is 0.139. The Labute approximate surface area is 296 Å². The van der Waals surface area contributed by atoms with Crippen molar-refractivity contribution in [2.45, 2.75) is 35.6 Å². The van der Waals surface area contributed by atoms with Gasteiger partial charge in [-0.1, -0.05) is 140 Å². The van der Waals surface area contributed by atoms with Crippen molar-refractivity contribution < 1.29 is 24.2 Å². The number of hydrogen-bond donors (Lipinski definition) is 2. The van der Waals surface area contributed by atoms with Crippen LogP contribution in [0.2, 0.25) is 0 Å². The molecule has 5 aromatic carbocycles. The van der Waals surface area contributed by atoms with E-state index in [0.29, 0.717) is 18.6 Å². The molecule has 1 saturated heterocycles. The van der Waals surface area contributed by atoms with E-state index in [1.807, 2.05) is 91.0 Å². The largest absolute Gasteiger partial charge is 0.480 e. The summed E-state index contributed by atoms with van der Waals surface area (Å²) in [6.07, 6.45) is 0.162. The number of nitrogens with zero attached hydrogens (tertiary/aromatic N) is 1. The minimum absolute atomic E-state index is 0.112. The lowest BCUT2D eigenvalue weighted by Crippen LogP contribution is -2.50. The topological polar surface area (TPSA) is 95.9 Å². The Morgan fingerprint density at radius 3 is 1.68 bits per heavy atom. The van der Waals surface area contributed by atoms with E-state index in [1.54, 1.807) is 11.8 Å². The maximum Gasteiger partial charge on any atom is 0.407 e. The highest BCUT2D eigenvalue weighted by Gasteiger charge is 2.44. The summed E-state index contributed by atoms with van der Waals surface area (Å²) in [6, 6.07) is 45.7. The van der Waals surface area contributed by atoms with Crippen LogP contribution in [-0.2, 0) is 19.1 Å². The molecule has 7 nitrogen and oxygen atoms in total. The Morgan fingerprint density at radius 1 is 0.700 bits per heavy atom. The number of aliphatic carboxylic acids is 1. The van der Waals surface area contributed by atoms with Crippen molar-refractivity contribution in [3.05, 3.63) is 167 Å². The monoisotopic (exact) mass is 682 g/mol. The van der Waals surface area contributed by atoms with Crippen molar-refractivity contribution in [2.24, 2.45) is 0 Å². The van der Waals surface area contributed by atoms with E-state index in [4.69, 9.17) is 4.74 Å². The van der Waals surface area contributed by atoms with E-state index >= 15 is 0 Å². The molecule has 50 heavy (non-hydrogen) atoms. The molecule has 2 amide bonds. The van der Waals surface area contributed by atoms with Gasteiger partial charge in [0.2, 0.25) is 5.91 Å². The van der Waals surface area contributed by atoms with Gasteiger partial charge in [0.25, 0.3) is 0 Å². The fourth-order valence-electron chi connectivity index (χ4n) is 7.54. The number of hydrogen-bond acceptors (Lipinski definition) is 5. The Bertz CT molecular complexity index is 1830. The number of carboxylic acid groups (broad SMARTS) is 1. The first-order valence-corrected chi connectivity index (χ1v) is 17.9. The maximum absolute atomic E-state index is 13.8. The van der Waals surface area contributed by atoms with Crippen LogP contribution in [0.3, 0.4) is 0 Å². The first-order chi connectivity index (χ1) is 24.5. The van der Waals surface area contributed by atoms with Crippen molar-refractivity contribution in [1.82, 2.24) is 10.2 Å². The smallest absolute Gasteiger partial charge is 0.407 e. The Kier molecular flexibility index (Phi) is 9.72.